The van der Waals surface area contributed by atoms with Crippen molar-refractivity contribution < 1.29 is 0 Å². The van der Waals surface area contributed by atoms with Crippen LogP contribution < -0.4 is 5.32 Å². The second-order valence-electron chi connectivity index (χ2n) is 5.77. The molecule has 98 valence electrons. The third-order valence-electron chi connectivity index (χ3n) is 2.82. The van der Waals surface area contributed by atoms with Gasteiger partial charge in [0.15, 0.2) is 0 Å². The summed E-state index contributed by atoms with van der Waals surface area (Å²) >= 11 is 0. The maximum absolute atomic E-state index is 4.51. The van der Waals surface area contributed by atoms with Crippen molar-refractivity contribution in [1.29, 1.82) is 0 Å². The van der Waals surface area contributed by atoms with Crippen LogP contribution in [-0.4, -0.2) is 16.3 Å². The molecule has 0 aliphatic rings. The van der Waals surface area contributed by atoms with E-state index in [1.54, 1.807) is 0 Å². The van der Waals surface area contributed by atoms with Gasteiger partial charge in [-0.15, -0.1) is 0 Å². The van der Waals surface area contributed by atoms with E-state index in [2.05, 4.69) is 56.6 Å². The minimum Gasteiger partial charge on any atom is -0.312 e. The average molecular weight is 237 g/mol. The third kappa shape index (κ3) is 3.84. The van der Waals surface area contributed by atoms with Gasteiger partial charge in [0.05, 0.1) is 6.20 Å². The molecule has 0 amide bonds. The molecule has 1 N–H and O–H groups in total. The third-order valence-corrected chi connectivity index (χ3v) is 2.82. The highest BCUT2D eigenvalue weighted by molar-refractivity contribution is 5.21. The summed E-state index contributed by atoms with van der Waals surface area (Å²) in [6.45, 7) is 15.3. The summed E-state index contributed by atoms with van der Waals surface area (Å²) in [4.78, 5) is 0. The van der Waals surface area contributed by atoms with Gasteiger partial charge in [0, 0.05) is 23.8 Å². The molecule has 0 bridgehead atoms. The molecule has 1 aromatic rings. The van der Waals surface area contributed by atoms with Crippen LogP contribution in [-0.2, 0) is 6.54 Å². The van der Waals surface area contributed by atoms with Crippen LogP contribution >= 0.6 is 0 Å². The van der Waals surface area contributed by atoms with Gasteiger partial charge < -0.3 is 5.32 Å². The minimum atomic E-state index is 0.436. The van der Waals surface area contributed by atoms with E-state index >= 15 is 0 Å². The molecule has 3 nitrogen and oxygen atoms in total. The van der Waals surface area contributed by atoms with Crippen LogP contribution in [0.5, 0.6) is 0 Å². The highest BCUT2D eigenvalue weighted by Gasteiger charge is 2.15. The lowest BCUT2D eigenvalue weighted by molar-refractivity contribution is 0.493. The topological polar surface area (TPSA) is 29.9 Å². The fourth-order valence-electron chi connectivity index (χ4n) is 2.09. The summed E-state index contributed by atoms with van der Waals surface area (Å²) in [5.74, 6) is 1.22. The SMILES string of the molecule is CC(C)CNCc1cnn(C(C)C)c1C(C)C. The molecule has 0 radical (unpaired) electrons. The molecular weight excluding hydrogens is 210 g/mol. The van der Waals surface area contributed by atoms with Crippen LogP contribution in [0.2, 0.25) is 0 Å². The Bertz CT molecular complexity index is 337. The molecule has 1 rings (SSSR count). The maximum atomic E-state index is 4.51. The molecule has 0 saturated carbocycles. The lowest BCUT2D eigenvalue weighted by Gasteiger charge is -2.16. The van der Waals surface area contributed by atoms with E-state index in [1.807, 2.05) is 6.20 Å². The molecule has 0 aliphatic carbocycles. The zero-order valence-electron chi connectivity index (χ0n) is 12.1. The maximum Gasteiger partial charge on any atom is 0.0537 e. The zero-order chi connectivity index (χ0) is 13.0. The largest absolute Gasteiger partial charge is 0.312 e. The number of rotatable bonds is 6. The van der Waals surface area contributed by atoms with Crippen LogP contribution in [0, 0.1) is 5.92 Å². The minimum absolute atomic E-state index is 0.436. The standard InChI is InChI=1S/C14H27N3/c1-10(2)7-15-8-13-9-16-17(12(5)6)14(13)11(3)4/h9-12,15H,7-8H2,1-6H3. The Morgan fingerprint density at radius 3 is 2.29 bits per heavy atom. The summed E-state index contributed by atoms with van der Waals surface area (Å²) in [6, 6.07) is 0.436. The molecular formula is C14H27N3. The Labute approximate surface area is 106 Å². The molecule has 0 spiro atoms. The van der Waals surface area contributed by atoms with E-state index in [1.165, 1.54) is 11.3 Å². The van der Waals surface area contributed by atoms with E-state index < -0.39 is 0 Å². The number of hydrogen-bond donors (Lipinski definition) is 1. The Morgan fingerprint density at radius 1 is 1.18 bits per heavy atom. The molecule has 3 heteroatoms. The van der Waals surface area contributed by atoms with E-state index in [-0.39, 0.29) is 0 Å². The van der Waals surface area contributed by atoms with Crippen molar-refractivity contribution in [3.05, 3.63) is 17.5 Å². The van der Waals surface area contributed by atoms with Gasteiger partial charge >= 0.3 is 0 Å². The lowest BCUT2D eigenvalue weighted by Crippen LogP contribution is -2.20. The summed E-state index contributed by atoms with van der Waals surface area (Å²) < 4.78 is 2.15. The van der Waals surface area contributed by atoms with Gasteiger partial charge in [-0.25, -0.2) is 0 Å². The zero-order valence-corrected chi connectivity index (χ0v) is 12.1. The molecule has 1 heterocycles. The Kier molecular flexibility index (Phi) is 5.19. The summed E-state index contributed by atoms with van der Waals surface area (Å²) in [5.41, 5.74) is 2.71. The Morgan fingerprint density at radius 2 is 1.82 bits per heavy atom. The van der Waals surface area contributed by atoms with E-state index in [0.717, 1.165) is 13.1 Å². The van der Waals surface area contributed by atoms with Crippen LogP contribution in [0.3, 0.4) is 0 Å². The molecule has 0 aliphatic heterocycles. The number of aromatic nitrogens is 2. The summed E-state index contributed by atoms with van der Waals surface area (Å²) in [5, 5.41) is 8.01. The molecule has 0 unspecified atom stereocenters. The van der Waals surface area contributed by atoms with Crippen LogP contribution in [0.25, 0.3) is 0 Å². The van der Waals surface area contributed by atoms with E-state index in [4.69, 9.17) is 0 Å². The number of hydrogen-bond acceptors (Lipinski definition) is 2. The van der Waals surface area contributed by atoms with Crippen LogP contribution in [0.1, 0.15) is 64.8 Å². The normalized spacial score (nSPS) is 12.1. The molecule has 0 aromatic carbocycles. The first-order valence-corrected chi connectivity index (χ1v) is 6.70. The predicted octanol–water partition coefficient (Wildman–Crippen LogP) is 3.33. The average Bonchev–Trinajstić information content (AvgIpc) is 2.61. The van der Waals surface area contributed by atoms with Gasteiger partial charge in [-0.3, -0.25) is 4.68 Å². The molecule has 0 fully saturated rings. The summed E-state index contributed by atoms with van der Waals surface area (Å²) in [7, 11) is 0. The molecule has 0 saturated heterocycles. The van der Waals surface area contributed by atoms with Crippen molar-refractivity contribution in [2.24, 2.45) is 5.92 Å². The van der Waals surface area contributed by atoms with Gasteiger partial charge in [-0.05, 0) is 32.2 Å². The monoisotopic (exact) mass is 237 g/mol. The van der Waals surface area contributed by atoms with Crippen molar-refractivity contribution in [2.45, 2.75) is 60.0 Å². The molecule has 1 aromatic heterocycles. The van der Waals surface area contributed by atoms with Gasteiger partial charge in [0.2, 0.25) is 0 Å². The van der Waals surface area contributed by atoms with Crippen molar-refractivity contribution in [2.75, 3.05) is 6.54 Å². The van der Waals surface area contributed by atoms with Crippen molar-refractivity contribution >= 4 is 0 Å². The van der Waals surface area contributed by atoms with Crippen molar-refractivity contribution in [3.63, 3.8) is 0 Å². The van der Waals surface area contributed by atoms with Gasteiger partial charge in [0.1, 0.15) is 0 Å². The fraction of sp³-hybridized carbons (Fsp3) is 0.786. The first-order valence-electron chi connectivity index (χ1n) is 6.70. The van der Waals surface area contributed by atoms with E-state index in [0.29, 0.717) is 17.9 Å². The van der Waals surface area contributed by atoms with Gasteiger partial charge in [-0.1, -0.05) is 27.7 Å². The smallest absolute Gasteiger partial charge is 0.0537 e. The number of nitrogens with one attached hydrogen (secondary N) is 1. The summed E-state index contributed by atoms with van der Waals surface area (Å²) in [6.07, 6.45) is 2.02. The van der Waals surface area contributed by atoms with Crippen LogP contribution in [0.4, 0.5) is 0 Å². The Hall–Kier alpha value is -0.830. The van der Waals surface area contributed by atoms with Gasteiger partial charge in [0.25, 0.3) is 0 Å². The van der Waals surface area contributed by atoms with Crippen molar-refractivity contribution in [1.82, 2.24) is 15.1 Å². The first-order chi connectivity index (χ1) is 7.93. The second-order valence-corrected chi connectivity index (χ2v) is 5.77. The van der Waals surface area contributed by atoms with Crippen LogP contribution in [0.15, 0.2) is 6.20 Å². The van der Waals surface area contributed by atoms with E-state index in [9.17, 15) is 0 Å². The lowest BCUT2D eigenvalue weighted by atomic mass is 10.1. The number of nitrogens with zero attached hydrogens (tertiary/aromatic N) is 2. The molecule has 0 atom stereocenters. The first kappa shape index (κ1) is 14.2. The quantitative estimate of drug-likeness (QED) is 0.822. The fourth-order valence-corrected chi connectivity index (χ4v) is 2.09. The van der Waals surface area contributed by atoms with Crippen molar-refractivity contribution in [3.8, 4) is 0 Å². The second kappa shape index (κ2) is 6.20. The highest BCUT2D eigenvalue weighted by atomic mass is 15.3. The Balaban J connectivity index is 2.78. The molecule has 17 heavy (non-hydrogen) atoms. The van der Waals surface area contributed by atoms with Gasteiger partial charge in [-0.2, -0.15) is 5.10 Å². The highest BCUT2D eigenvalue weighted by Crippen LogP contribution is 2.22. The predicted molar refractivity (Wildman–Crippen MR) is 73.2 cm³/mol.